The van der Waals surface area contributed by atoms with Crippen LogP contribution in [0.15, 0.2) is 41.3 Å². The van der Waals surface area contributed by atoms with Crippen molar-refractivity contribution >= 4 is 23.1 Å². The van der Waals surface area contributed by atoms with Crippen LogP contribution in [0.5, 0.6) is 11.5 Å². The van der Waals surface area contributed by atoms with Gasteiger partial charge < -0.3 is 19.7 Å². The van der Waals surface area contributed by atoms with Gasteiger partial charge in [-0.25, -0.2) is 9.97 Å². The molecule has 4 rings (SSSR count). The summed E-state index contributed by atoms with van der Waals surface area (Å²) in [5.41, 5.74) is 1.76. The molecule has 0 aliphatic carbocycles. The molecule has 9 heteroatoms. The smallest absolute Gasteiger partial charge is 0.277 e. The summed E-state index contributed by atoms with van der Waals surface area (Å²) >= 11 is 6.49. The van der Waals surface area contributed by atoms with Gasteiger partial charge in [-0.3, -0.25) is 9.36 Å². The third-order valence-corrected chi connectivity index (χ3v) is 6.28. The zero-order valence-corrected chi connectivity index (χ0v) is 20.7. The van der Waals surface area contributed by atoms with Crippen molar-refractivity contribution in [1.29, 1.82) is 0 Å². The van der Waals surface area contributed by atoms with Crippen molar-refractivity contribution in [2.45, 2.75) is 39.8 Å². The van der Waals surface area contributed by atoms with Crippen molar-refractivity contribution < 1.29 is 9.47 Å². The van der Waals surface area contributed by atoms with E-state index in [-0.39, 0.29) is 11.6 Å². The molecular formula is C25H30ClN5O3. The van der Waals surface area contributed by atoms with Crippen molar-refractivity contribution in [3.8, 4) is 22.9 Å². The van der Waals surface area contributed by atoms with Crippen LogP contribution in [0, 0.1) is 6.92 Å². The fourth-order valence-electron chi connectivity index (χ4n) is 4.25. The standard InChI is InChI=1S/C25H30ClN5O3/c1-5-31-24(20-8-7-18(33-4)13-21(20)26)28-16(3)23(25(31)32)29-17-10-12-30(15-17)22-14-19(34-6-2)9-11-27-22/h7-9,11,13-14,17,29H,5-6,10,12,15H2,1-4H3. The lowest BCUT2D eigenvalue weighted by molar-refractivity contribution is 0.340. The third-order valence-electron chi connectivity index (χ3n) is 5.97. The number of methoxy groups -OCH3 is 1. The van der Waals surface area contributed by atoms with Gasteiger partial charge in [0, 0.05) is 43.5 Å². The molecule has 8 nitrogen and oxygen atoms in total. The van der Waals surface area contributed by atoms with Gasteiger partial charge in [0.05, 0.1) is 24.4 Å². The number of hydrogen-bond donors (Lipinski definition) is 1. The molecule has 0 amide bonds. The number of anilines is 2. The van der Waals surface area contributed by atoms with Crippen LogP contribution < -0.4 is 25.2 Å². The van der Waals surface area contributed by atoms with E-state index < -0.39 is 0 Å². The maximum absolute atomic E-state index is 13.5. The number of halogens is 1. The molecule has 1 saturated heterocycles. The fraction of sp³-hybridized carbons (Fsp3) is 0.400. The Balaban J connectivity index is 1.58. The van der Waals surface area contributed by atoms with E-state index in [0.717, 1.165) is 31.1 Å². The highest BCUT2D eigenvalue weighted by Crippen LogP contribution is 2.31. The molecule has 0 saturated carbocycles. The Kier molecular flexibility index (Phi) is 7.26. The summed E-state index contributed by atoms with van der Waals surface area (Å²) in [4.78, 5) is 24.9. The summed E-state index contributed by atoms with van der Waals surface area (Å²) < 4.78 is 12.5. The van der Waals surface area contributed by atoms with Crippen LogP contribution in [-0.2, 0) is 6.54 Å². The Labute approximate surface area is 204 Å². The van der Waals surface area contributed by atoms with Crippen molar-refractivity contribution in [3.05, 3.63) is 57.6 Å². The minimum atomic E-state index is -0.105. The topological polar surface area (TPSA) is 81.5 Å². The lowest BCUT2D eigenvalue weighted by Gasteiger charge is -2.21. The van der Waals surface area contributed by atoms with Gasteiger partial charge in [-0.1, -0.05) is 11.6 Å². The zero-order valence-electron chi connectivity index (χ0n) is 20.0. The Bertz CT molecular complexity index is 1230. The molecule has 0 bridgehead atoms. The monoisotopic (exact) mass is 483 g/mol. The first-order valence-corrected chi connectivity index (χ1v) is 11.9. The number of nitrogens with one attached hydrogen (secondary N) is 1. The maximum atomic E-state index is 13.5. The highest BCUT2D eigenvalue weighted by molar-refractivity contribution is 6.33. The molecule has 1 aliphatic heterocycles. The number of hydrogen-bond acceptors (Lipinski definition) is 7. The van der Waals surface area contributed by atoms with Crippen LogP contribution in [-0.4, -0.2) is 47.4 Å². The predicted molar refractivity (Wildman–Crippen MR) is 136 cm³/mol. The molecule has 1 N–H and O–H groups in total. The molecule has 3 aromatic rings. The highest BCUT2D eigenvalue weighted by atomic mass is 35.5. The van der Waals surface area contributed by atoms with E-state index in [1.807, 2.05) is 45.0 Å². The van der Waals surface area contributed by atoms with E-state index in [0.29, 0.717) is 46.7 Å². The third kappa shape index (κ3) is 4.82. The second-order valence-electron chi connectivity index (χ2n) is 8.15. The second-order valence-corrected chi connectivity index (χ2v) is 8.56. The van der Waals surface area contributed by atoms with Crippen LogP contribution in [0.25, 0.3) is 11.4 Å². The maximum Gasteiger partial charge on any atom is 0.277 e. The van der Waals surface area contributed by atoms with Crippen molar-refractivity contribution in [3.63, 3.8) is 0 Å². The van der Waals surface area contributed by atoms with Gasteiger partial charge in [-0.15, -0.1) is 0 Å². The quantitative estimate of drug-likeness (QED) is 0.509. The minimum absolute atomic E-state index is 0.103. The van der Waals surface area contributed by atoms with Crippen molar-refractivity contribution in [2.75, 3.05) is 37.0 Å². The van der Waals surface area contributed by atoms with Gasteiger partial charge in [-0.2, -0.15) is 0 Å². The van der Waals surface area contributed by atoms with Crippen molar-refractivity contribution in [1.82, 2.24) is 14.5 Å². The molecule has 3 heterocycles. The van der Waals surface area contributed by atoms with Crippen LogP contribution in [0.4, 0.5) is 11.5 Å². The predicted octanol–water partition coefficient (Wildman–Crippen LogP) is 4.39. The van der Waals surface area contributed by atoms with E-state index in [9.17, 15) is 4.79 Å². The van der Waals surface area contributed by atoms with Gasteiger partial charge in [0.25, 0.3) is 5.56 Å². The van der Waals surface area contributed by atoms with E-state index in [1.165, 1.54) is 0 Å². The Morgan fingerprint density at radius 1 is 1.21 bits per heavy atom. The Morgan fingerprint density at radius 2 is 2.03 bits per heavy atom. The lowest BCUT2D eigenvalue weighted by atomic mass is 10.1. The first kappa shape index (κ1) is 23.9. The summed E-state index contributed by atoms with van der Waals surface area (Å²) in [5, 5.41) is 3.94. The number of aryl methyl sites for hydroxylation is 1. The summed E-state index contributed by atoms with van der Waals surface area (Å²) in [6, 6.07) is 9.29. The minimum Gasteiger partial charge on any atom is -0.497 e. The zero-order chi connectivity index (χ0) is 24.2. The highest BCUT2D eigenvalue weighted by Gasteiger charge is 2.26. The molecule has 2 aromatic heterocycles. The molecule has 1 atom stereocenters. The van der Waals surface area contributed by atoms with Gasteiger partial charge in [0.15, 0.2) is 0 Å². The summed E-state index contributed by atoms with van der Waals surface area (Å²) in [6.45, 7) is 8.41. The first-order chi connectivity index (χ1) is 16.4. The summed E-state index contributed by atoms with van der Waals surface area (Å²) in [6.07, 6.45) is 2.65. The van der Waals surface area contributed by atoms with Crippen LogP contribution in [0.2, 0.25) is 5.02 Å². The molecule has 34 heavy (non-hydrogen) atoms. The molecule has 1 aliphatic rings. The number of nitrogens with zero attached hydrogens (tertiary/aromatic N) is 4. The average molecular weight is 484 g/mol. The van der Waals surface area contributed by atoms with E-state index >= 15 is 0 Å². The number of aromatic nitrogens is 3. The van der Waals surface area contributed by atoms with Crippen molar-refractivity contribution in [2.24, 2.45) is 0 Å². The molecular weight excluding hydrogens is 454 g/mol. The van der Waals surface area contributed by atoms with E-state index in [1.54, 1.807) is 23.9 Å². The van der Waals surface area contributed by atoms with Gasteiger partial charge in [0.1, 0.15) is 28.8 Å². The molecule has 180 valence electrons. The van der Waals surface area contributed by atoms with Gasteiger partial charge in [-0.05, 0) is 51.5 Å². The van der Waals surface area contributed by atoms with Crippen LogP contribution in [0.3, 0.4) is 0 Å². The fourth-order valence-corrected chi connectivity index (χ4v) is 4.50. The Hall–Kier alpha value is -3.26. The molecule has 0 radical (unpaired) electrons. The lowest BCUT2D eigenvalue weighted by Crippen LogP contribution is -2.32. The van der Waals surface area contributed by atoms with Crippen LogP contribution in [0.1, 0.15) is 26.0 Å². The summed E-state index contributed by atoms with van der Waals surface area (Å²) in [7, 11) is 1.59. The number of pyridine rings is 1. The first-order valence-electron chi connectivity index (χ1n) is 11.5. The molecule has 1 fully saturated rings. The summed E-state index contributed by atoms with van der Waals surface area (Å²) in [5.74, 6) is 2.89. The molecule has 1 aromatic carbocycles. The normalized spacial score (nSPS) is 15.4. The van der Waals surface area contributed by atoms with Crippen LogP contribution >= 0.6 is 11.6 Å². The number of benzene rings is 1. The van der Waals surface area contributed by atoms with E-state index in [4.69, 9.17) is 26.1 Å². The van der Waals surface area contributed by atoms with E-state index in [2.05, 4.69) is 15.2 Å². The average Bonchev–Trinajstić information content (AvgIpc) is 3.30. The molecule has 0 spiro atoms. The van der Waals surface area contributed by atoms with Gasteiger partial charge >= 0.3 is 0 Å². The SMILES string of the molecule is CCOc1ccnc(N2CCC(Nc3c(C)nc(-c4ccc(OC)cc4Cl)n(CC)c3=O)C2)c1. The number of ether oxygens (including phenoxy) is 2. The Morgan fingerprint density at radius 3 is 2.74 bits per heavy atom. The largest absolute Gasteiger partial charge is 0.497 e. The number of rotatable bonds is 8. The second kappa shape index (κ2) is 10.3. The molecule has 1 unspecified atom stereocenters. The van der Waals surface area contributed by atoms with Gasteiger partial charge in [0.2, 0.25) is 0 Å².